The van der Waals surface area contributed by atoms with Crippen LogP contribution in [0, 0.1) is 6.92 Å². The number of benzene rings is 4. The summed E-state index contributed by atoms with van der Waals surface area (Å²) in [6, 6.07) is 28.2. The topological polar surface area (TPSA) is 89.8 Å². The van der Waals surface area contributed by atoms with Crippen LogP contribution in [0.25, 0.3) is 16.5 Å². The SMILES string of the molecule is Cc1ccc(S(=O)(=O)N[C@H]2c3cccc4cccc(c34)[C@@H]2Sc2nnnn2-c2ccccc2)cc1. The van der Waals surface area contributed by atoms with E-state index in [0.717, 1.165) is 33.2 Å². The summed E-state index contributed by atoms with van der Waals surface area (Å²) >= 11 is 1.46. The Bertz CT molecular complexity index is 1630. The van der Waals surface area contributed by atoms with E-state index >= 15 is 0 Å². The molecule has 1 aliphatic rings. The van der Waals surface area contributed by atoms with E-state index in [4.69, 9.17) is 0 Å². The highest BCUT2D eigenvalue weighted by atomic mass is 32.2. The minimum atomic E-state index is -3.77. The second kappa shape index (κ2) is 8.60. The van der Waals surface area contributed by atoms with Gasteiger partial charge in [-0.15, -0.1) is 5.10 Å². The van der Waals surface area contributed by atoms with E-state index in [1.165, 1.54) is 11.8 Å². The zero-order chi connectivity index (χ0) is 24.0. The van der Waals surface area contributed by atoms with Gasteiger partial charge in [-0.25, -0.2) is 13.1 Å². The average Bonchev–Trinajstić information content (AvgIpc) is 3.45. The van der Waals surface area contributed by atoms with Crippen molar-refractivity contribution in [1.82, 2.24) is 24.9 Å². The molecule has 0 bridgehead atoms. The molecular formula is C26H21N5O2S2. The van der Waals surface area contributed by atoms with Gasteiger partial charge in [0.15, 0.2) is 0 Å². The maximum Gasteiger partial charge on any atom is 0.241 e. The van der Waals surface area contributed by atoms with Crippen LogP contribution >= 0.6 is 11.8 Å². The molecular weight excluding hydrogens is 478 g/mol. The monoisotopic (exact) mass is 499 g/mol. The molecule has 7 nitrogen and oxygen atoms in total. The number of rotatable bonds is 6. The molecule has 0 radical (unpaired) electrons. The molecule has 0 fully saturated rings. The summed E-state index contributed by atoms with van der Waals surface area (Å²) < 4.78 is 31.6. The molecule has 0 unspecified atom stereocenters. The fourth-order valence-electron chi connectivity index (χ4n) is 4.55. The number of nitrogens with zero attached hydrogens (tertiary/aromatic N) is 4. The van der Waals surface area contributed by atoms with Gasteiger partial charge < -0.3 is 0 Å². The highest BCUT2D eigenvalue weighted by molar-refractivity contribution is 7.99. The van der Waals surface area contributed by atoms with E-state index in [1.807, 2.05) is 55.5 Å². The van der Waals surface area contributed by atoms with Gasteiger partial charge in [0.2, 0.25) is 15.2 Å². The molecule has 6 rings (SSSR count). The molecule has 1 aliphatic carbocycles. The second-order valence-electron chi connectivity index (χ2n) is 8.45. The smallest absolute Gasteiger partial charge is 0.207 e. The fraction of sp³-hybridized carbons (Fsp3) is 0.115. The number of para-hydroxylation sites is 1. The molecule has 0 saturated carbocycles. The lowest BCUT2D eigenvalue weighted by atomic mass is 10.1. The van der Waals surface area contributed by atoms with Gasteiger partial charge in [-0.1, -0.05) is 84.1 Å². The quantitative estimate of drug-likeness (QED) is 0.354. The Hall–Kier alpha value is -3.53. The number of aryl methyl sites for hydroxylation is 1. The lowest BCUT2D eigenvalue weighted by Gasteiger charge is -2.22. The highest BCUT2D eigenvalue weighted by Gasteiger charge is 2.39. The third-order valence-electron chi connectivity index (χ3n) is 6.20. The molecule has 1 aromatic heterocycles. The van der Waals surface area contributed by atoms with Gasteiger partial charge in [0.25, 0.3) is 0 Å². The second-order valence-corrected chi connectivity index (χ2v) is 11.3. The van der Waals surface area contributed by atoms with E-state index < -0.39 is 16.1 Å². The van der Waals surface area contributed by atoms with Gasteiger partial charge in [-0.05, 0) is 63.5 Å². The van der Waals surface area contributed by atoms with E-state index in [2.05, 4.69) is 38.4 Å². The Kier molecular flexibility index (Phi) is 5.40. The molecule has 9 heteroatoms. The Balaban J connectivity index is 1.43. The predicted molar refractivity (Wildman–Crippen MR) is 136 cm³/mol. The number of hydrogen-bond acceptors (Lipinski definition) is 6. The van der Waals surface area contributed by atoms with Gasteiger partial charge in [0, 0.05) is 0 Å². The molecule has 0 saturated heterocycles. The van der Waals surface area contributed by atoms with Gasteiger partial charge in [-0.3, -0.25) is 0 Å². The number of thioether (sulfide) groups is 1. The normalized spacial score (nSPS) is 17.2. The first-order valence-electron chi connectivity index (χ1n) is 11.1. The Morgan fingerprint density at radius 3 is 2.31 bits per heavy atom. The van der Waals surface area contributed by atoms with Crippen LogP contribution < -0.4 is 4.72 Å². The summed E-state index contributed by atoms with van der Waals surface area (Å²) in [5, 5.41) is 14.8. The van der Waals surface area contributed by atoms with E-state index in [1.54, 1.807) is 28.9 Å². The van der Waals surface area contributed by atoms with Crippen molar-refractivity contribution < 1.29 is 8.42 Å². The molecule has 0 spiro atoms. The lowest BCUT2D eigenvalue weighted by molar-refractivity contribution is 0.557. The first-order chi connectivity index (χ1) is 17.0. The Morgan fingerprint density at radius 1 is 0.857 bits per heavy atom. The third-order valence-corrected chi connectivity index (χ3v) is 8.90. The van der Waals surface area contributed by atoms with Crippen molar-refractivity contribution in [2.24, 2.45) is 0 Å². The zero-order valence-electron chi connectivity index (χ0n) is 18.7. The van der Waals surface area contributed by atoms with Crippen molar-refractivity contribution in [3.63, 3.8) is 0 Å². The zero-order valence-corrected chi connectivity index (χ0v) is 20.4. The molecule has 174 valence electrons. The van der Waals surface area contributed by atoms with Crippen molar-refractivity contribution in [1.29, 1.82) is 0 Å². The molecule has 1 N–H and O–H groups in total. The van der Waals surface area contributed by atoms with Crippen LogP contribution in [0.3, 0.4) is 0 Å². The number of hydrogen-bond donors (Lipinski definition) is 1. The van der Waals surface area contributed by atoms with Crippen LogP contribution in [-0.2, 0) is 10.0 Å². The molecule has 5 aromatic rings. The van der Waals surface area contributed by atoms with Crippen molar-refractivity contribution in [2.45, 2.75) is 28.3 Å². The molecule has 4 aromatic carbocycles. The predicted octanol–water partition coefficient (Wildman–Crippen LogP) is 4.99. The summed E-state index contributed by atoms with van der Waals surface area (Å²) in [6.45, 7) is 1.93. The molecule has 0 amide bonds. The molecule has 0 aliphatic heterocycles. The third kappa shape index (κ3) is 3.91. The summed E-state index contributed by atoms with van der Waals surface area (Å²) in [4.78, 5) is 0.240. The van der Waals surface area contributed by atoms with Crippen LogP contribution in [0.4, 0.5) is 0 Å². The maximum atomic E-state index is 13.4. The van der Waals surface area contributed by atoms with Crippen LogP contribution in [-0.4, -0.2) is 28.6 Å². The summed E-state index contributed by atoms with van der Waals surface area (Å²) in [5.74, 6) is 0. The molecule has 35 heavy (non-hydrogen) atoms. The van der Waals surface area contributed by atoms with Crippen LogP contribution in [0.2, 0.25) is 0 Å². The van der Waals surface area contributed by atoms with E-state index in [0.29, 0.717) is 5.16 Å². The van der Waals surface area contributed by atoms with E-state index in [-0.39, 0.29) is 10.1 Å². The molecule has 1 heterocycles. The number of tetrazole rings is 1. The van der Waals surface area contributed by atoms with Crippen molar-refractivity contribution >= 4 is 32.6 Å². The average molecular weight is 500 g/mol. The van der Waals surface area contributed by atoms with E-state index in [9.17, 15) is 8.42 Å². The first-order valence-corrected chi connectivity index (χ1v) is 13.5. The van der Waals surface area contributed by atoms with Crippen molar-refractivity contribution in [3.8, 4) is 5.69 Å². The minimum Gasteiger partial charge on any atom is -0.207 e. The Labute approximate surface area is 207 Å². The highest BCUT2D eigenvalue weighted by Crippen LogP contribution is 2.53. The largest absolute Gasteiger partial charge is 0.241 e. The van der Waals surface area contributed by atoms with Gasteiger partial charge in [0.05, 0.1) is 21.9 Å². The fourth-order valence-corrected chi connectivity index (χ4v) is 7.09. The van der Waals surface area contributed by atoms with Crippen LogP contribution in [0.1, 0.15) is 28.0 Å². The van der Waals surface area contributed by atoms with Crippen LogP contribution in [0.15, 0.2) is 101 Å². The van der Waals surface area contributed by atoms with Crippen LogP contribution in [0.5, 0.6) is 0 Å². The maximum absolute atomic E-state index is 13.4. The Morgan fingerprint density at radius 2 is 1.57 bits per heavy atom. The lowest BCUT2D eigenvalue weighted by Crippen LogP contribution is -2.30. The van der Waals surface area contributed by atoms with Gasteiger partial charge >= 0.3 is 0 Å². The van der Waals surface area contributed by atoms with Crippen molar-refractivity contribution in [3.05, 3.63) is 108 Å². The van der Waals surface area contributed by atoms with Gasteiger partial charge in [0.1, 0.15) is 0 Å². The van der Waals surface area contributed by atoms with Crippen molar-refractivity contribution in [2.75, 3.05) is 0 Å². The number of nitrogens with one attached hydrogen (secondary N) is 1. The standard InChI is InChI=1S/C26H21N5O2S2/c1-17-13-15-20(16-14-17)35(32,33)28-24-21-11-5-7-18-8-6-12-22(23(18)21)25(24)34-26-27-29-30-31(26)19-9-3-2-4-10-19/h2-16,24-25,28H,1H3/t24-,25-/m0/s1. The summed E-state index contributed by atoms with van der Waals surface area (Å²) in [7, 11) is -3.77. The number of sulfonamides is 1. The summed E-state index contributed by atoms with van der Waals surface area (Å²) in [6.07, 6.45) is 0. The molecule has 2 atom stereocenters. The minimum absolute atomic E-state index is 0.240. The summed E-state index contributed by atoms with van der Waals surface area (Å²) in [5.41, 5.74) is 3.85. The van der Waals surface area contributed by atoms with Gasteiger partial charge in [-0.2, -0.15) is 4.68 Å². The first kappa shape index (κ1) is 22.0. The number of aromatic nitrogens is 4.